The van der Waals surface area contributed by atoms with E-state index in [-0.39, 0.29) is 28.9 Å². The molecule has 6 nitrogen and oxygen atoms in total. The summed E-state index contributed by atoms with van der Waals surface area (Å²) >= 11 is 0. The molecule has 0 saturated carbocycles. The Bertz CT molecular complexity index is 1130. The van der Waals surface area contributed by atoms with E-state index < -0.39 is 35.4 Å². The Hall–Kier alpha value is -2.97. The van der Waals surface area contributed by atoms with Crippen LogP contribution in [0.5, 0.6) is 0 Å². The maximum absolute atomic E-state index is 13.6. The molecule has 34 heavy (non-hydrogen) atoms. The number of benzene rings is 1. The molecule has 1 aromatic heterocycles. The van der Waals surface area contributed by atoms with E-state index in [2.05, 4.69) is 24.5 Å². The smallest absolute Gasteiger partial charge is 0.416 e. The molecule has 2 aromatic rings. The minimum atomic E-state index is -4.57. The quantitative estimate of drug-likeness (QED) is 0.570. The fourth-order valence-electron chi connectivity index (χ4n) is 4.10. The summed E-state index contributed by atoms with van der Waals surface area (Å²) in [5, 5.41) is 6.03. The van der Waals surface area contributed by atoms with Crippen LogP contribution in [0.1, 0.15) is 52.2 Å². The molecule has 0 amide bonds. The zero-order valence-corrected chi connectivity index (χ0v) is 20.4. The molecule has 0 radical (unpaired) electrons. The third-order valence-corrected chi connectivity index (χ3v) is 5.79. The predicted octanol–water partition coefficient (Wildman–Crippen LogP) is 5.30. The summed E-state index contributed by atoms with van der Waals surface area (Å²) in [7, 11) is 1.52. The first kappa shape index (κ1) is 25.6. The molecule has 2 heterocycles. The number of esters is 1. The van der Waals surface area contributed by atoms with Gasteiger partial charge in [0.15, 0.2) is 0 Å². The highest BCUT2D eigenvalue weighted by molar-refractivity contribution is 5.74. The third-order valence-electron chi connectivity index (χ3n) is 5.79. The lowest BCUT2D eigenvalue weighted by molar-refractivity contribution is -0.155. The molecule has 1 aliphatic rings. The number of nitrogens with one attached hydrogen (secondary N) is 2. The van der Waals surface area contributed by atoms with Crippen LogP contribution in [-0.2, 0) is 28.7 Å². The Balaban J connectivity index is 2.21. The van der Waals surface area contributed by atoms with Crippen LogP contribution in [0, 0.1) is 5.92 Å². The monoisotopic (exact) mass is 479 g/mol. The van der Waals surface area contributed by atoms with Crippen LogP contribution in [0.15, 0.2) is 29.1 Å². The van der Waals surface area contributed by atoms with Crippen molar-refractivity contribution >= 4 is 17.3 Å². The fraction of sp³-hybridized carbons (Fsp3) is 0.520. The third kappa shape index (κ3) is 5.74. The zero-order valence-electron chi connectivity index (χ0n) is 20.4. The van der Waals surface area contributed by atoms with E-state index in [1.165, 1.54) is 17.7 Å². The number of aromatic nitrogens is 1. The number of carbonyl (C=O) groups excluding carboxylic acids is 1. The van der Waals surface area contributed by atoms with E-state index >= 15 is 0 Å². The van der Waals surface area contributed by atoms with Crippen LogP contribution >= 0.6 is 0 Å². The largest absolute Gasteiger partial charge is 0.459 e. The van der Waals surface area contributed by atoms with E-state index in [1.807, 2.05) is 0 Å². The van der Waals surface area contributed by atoms with E-state index in [1.54, 1.807) is 26.8 Å². The number of alkyl halides is 3. The van der Waals surface area contributed by atoms with Gasteiger partial charge in [0.05, 0.1) is 11.3 Å². The van der Waals surface area contributed by atoms with Crippen molar-refractivity contribution in [3.8, 4) is 11.3 Å². The molecule has 1 atom stereocenters. The number of fused-ring (bicyclic) bond motifs is 1. The Labute approximate surface area is 197 Å². The molecule has 1 unspecified atom stereocenters. The first-order valence-corrected chi connectivity index (χ1v) is 11.3. The summed E-state index contributed by atoms with van der Waals surface area (Å²) < 4.78 is 47.4. The number of ether oxygens (including phenoxy) is 1. The highest BCUT2D eigenvalue weighted by atomic mass is 19.4. The number of hydrogen-bond acceptors (Lipinski definition) is 5. The van der Waals surface area contributed by atoms with Crippen molar-refractivity contribution in [1.82, 2.24) is 4.57 Å². The summed E-state index contributed by atoms with van der Waals surface area (Å²) in [6.45, 7) is 8.82. The summed E-state index contributed by atoms with van der Waals surface area (Å²) in [5.41, 5.74) is -0.286. The summed E-state index contributed by atoms with van der Waals surface area (Å²) in [4.78, 5) is 26.2. The van der Waals surface area contributed by atoms with Gasteiger partial charge in [-0.2, -0.15) is 13.2 Å². The molecule has 1 aliphatic heterocycles. The highest BCUT2D eigenvalue weighted by Gasteiger charge is 2.32. The van der Waals surface area contributed by atoms with E-state index in [0.29, 0.717) is 12.1 Å². The number of rotatable bonds is 5. The fourth-order valence-corrected chi connectivity index (χ4v) is 4.10. The standard InChI is InChI=1S/C25H32F3N3O3/c1-14(2)19-8-7-15-11-20(16-9-17(25(26,27)28)12-18(10-16)29-6)31(23(33)22(15)30-19)13-21(32)34-24(3,4)5/h9-12,14,19,29-30H,7-8,13H2,1-6H3. The van der Waals surface area contributed by atoms with Gasteiger partial charge in [0.25, 0.3) is 5.56 Å². The molecule has 186 valence electrons. The average molecular weight is 480 g/mol. The minimum absolute atomic E-state index is 0.0884. The molecule has 0 fully saturated rings. The summed E-state index contributed by atoms with van der Waals surface area (Å²) in [6.07, 6.45) is -3.17. The molecule has 0 spiro atoms. The van der Waals surface area contributed by atoms with Crippen molar-refractivity contribution in [2.75, 3.05) is 17.7 Å². The maximum Gasteiger partial charge on any atom is 0.416 e. The normalized spacial score (nSPS) is 16.1. The first-order chi connectivity index (χ1) is 15.7. The molecule has 0 bridgehead atoms. The molecular weight excluding hydrogens is 447 g/mol. The van der Waals surface area contributed by atoms with Crippen molar-refractivity contribution < 1.29 is 22.7 Å². The van der Waals surface area contributed by atoms with Crippen molar-refractivity contribution in [3.63, 3.8) is 0 Å². The lowest BCUT2D eigenvalue weighted by Crippen LogP contribution is -2.38. The Morgan fingerprint density at radius 2 is 1.88 bits per heavy atom. The van der Waals surface area contributed by atoms with Gasteiger partial charge in [-0.3, -0.25) is 14.2 Å². The van der Waals surface area contributed by atoms with Gasteiger partial charge in [-0.05, 0) is 69.4 Å². The van der Waals surface area contributed by atoms with E-state index in [0.717, 1.165) is 24.1 Å². The Kier molecular flexibility index (Phi) is 7.05. The number of carbonyl (C=O) groups is 1. The second-order valence-electron chi connectivity index (χ2n) is 9.99. The van der Waals surface area contributed by atoms with Gasteiger partial charge in [-0.1, -0.05) is 13.8 Å². The van der Waals surface area contributed by atoms with Crippen LogP contribution in [0.25, 0.3) is 11.3 Å². The zero-order chi connectivity index (χ0) is 25.4. The number of hydrogen-bond donors (Lipinski definition) is 2. The molecule has 0 saturated heterocycles. The number of pyridine rings is 1. The topological polar surface area (TPSA) is 72.4 Å². The molecule has 0 aliphatic carbocycles. The van der Waals surface area contributed by atoms with Crippen LogP contribution < -0.4 is 16.2 Å². The summed E-state index contributed by atoms with van der Waals surface area (Å²) in [5.74, 6) is -0.360. The SMILES string of the molecule is CNc1cc(-c2cc3c(c(=O)n2CC(=O)OC(C)(C)C)NC(C(C)C)CC3)cc(C(F)(F)F)c1. The predicted molar refractivity (Wildman–Crippen MR) is 127 cm³/mol. The first-order valence-electron chi connectivity index (χ1n) is 11.3. The number of halogens is 3. The molecule has 9 heteroatoms. The minimum Gasteiger partial charge on any atom is -0.459 e. The van der Waals surface area contributed by atoms with Gasteiger partial charge in [-0.15, -0.1) is 0 Å². The maximum atomic E-state index is 13.6. The number of aryl methyl sites for hydroxylation is 1. The van der Waals surface area contributed by atoms with E-state index in [9.17, 15) is 22.8 Å². The van der Waals surface area contributed by atoms with Crippen LogP contribution in [0.4, 0.5) is 24.5 Å². The second kappa shape index (κ2) is 9.35. The van der Waals surface area contributed by atoms with Gasteiger partial charge in [0.2, 0.25) is 0 Å². The molecule has 3 rings (SSSR count). The van der Waals surface area contributed by atoms with Crippen LogP contribution in [0.2, 0.25) is 0 Å². The number of nitrogens with zero attached hydrogens (tertiary/aromatic N) is 1. The van der Waals surface area contributed by atoms with Crippen LogP contribution in [0.3, 0.4) is 0 Å². The van der Waals surface area contributed by atoms with Crippen molar-refractivity contribution in [2.45, 2.75) is 71.8 Å². The van der Waals surface area contributed by atoms with Gasteiger partial charge in [-0.25, -0.2) is 0 Å². The van der Waals surface area contributed by atoms with Gasteiger partial charge in [0.1, 0.15) is 17.8 Å². The summed E-state index contributed by atoms with van der Waals surface area (Å²) in [6, 6.07) is 5.34. The molecule has 1 aromatic carbocycles. The average Bonchev–Trinajstić information content (AvgIpc) is 2.72. The molecule has 2 N–H and O–H groups in total. The molecular formula is C25H32F3N3O3. The Morgan fingerprint density at radius 1 is 1.21 bits per heavy atom. The van der Waals surface area contributed by atoms with Gasteiger partial charge >= 0.3 is 12.1 Å². The Morgan fingerprint density at radius 3 is 2.44 bits per heavy atom. The highest BCUT2D eigenvalue weighted by Crippen LogP contribution is 2.36. The second-order valence-corrected chi connectivity index (χ2v) is 9.99. The lowest BCUT2D eigenvalue weighted by Gasteiger charge is -2.31. The van der Waals surface area contributed by atoms with Crippen molar-refractivity contribution in [1.29, 1.82) is 0 Å². The lowest BCUT2D eigenvalue weighted by atomic mass is 9.91. The van der Waals surface area contributed by atoms with E-state index in [4.69, 9.17) is 4.74 Å². The van der Waals surface area contributed by atoms with Gasteiger partial charge in [0, 0.05) is 24.3 Å². The van der Waals surface area contributed by atoms with Crippen molar-refractivity contribution in [2.24, 2.45) is 5.92 Å². The van der Waals surface area contributed by atoms with Crippen molar-refractivity contribution in [3.05, 3.63) is 45.7 Å². The van der Waals surface area contributed by atoms with Gasteiger partial charge < -0.3 is 15.4 Å². The van der Waals surface area contributed by atoms with Crippen LogP contribution in [-0.4, -0.2) is 29.2 Å². The number of anilines is 2.